The smallest absolute Gasteiger partial charge is 0.339 e. The lowest BCUT2D eigenvalue weighted by Gasteiger charge is -2.34. The van der Waals surface area contributed by atoms with Gasteiger partial charge in [0.1, 0.15) is 0 Å². The number of hydrogen-bond acceptors (Lipinski definition) is 5. The summed E-state index contributed by atoms with van der Waals surface area (Å²) in [7, 11) is -0.863. The van der Waals surface area contributed by atoms with Gasteiger partial charge >= 0.3 is 5.97 Å². The van der Waals surface area contributed by atoms with Crippen molar-refractivity contribution in [3.05, 3.63) is 65.7 Å². The van der Waals surface area contributed by atoms with Crippen molar-refractivity contribution >= 4 is 21.9 Å². The van der Waals surface area contributed by atoms with Crippen LogP contribution in [0.15, 0.2) is 59.5 Å². The normalized spacial score (nSPS) is 16.5. The Balaban J connectivity index is 1.69. The topological polar surface area (TPSA) is 84.0 Å². The first-order valence-electron chi connectivity index (χ1n) is 10.3. The summed E-state index contributed by atoms with van der Waals surface area (Å²) in [6.07, 6.45) is 0.870. The molecule has 0 bridgehead atoms. The van der Waals surface area contributed by atoms with Crippen LogP contribution in [0.2, 0.25) is 0 Å². The Kier molecular flexibility index (Phi) is 7.12. The summed E-state index contributed by atoms with van der Waals surface area (Å²) in [4.78, 5) is 26.7. The average molecular weight is 445 g/mol. The van der Waals surface area contributed by atoms with Crippen molar-refractivity contribution in [3.63, 3.8) is 0 Å². The molecule has 0 saturated carbocycles. The lowest BCUT2D eigenvalue weighted by Crippen LogP contribution is -2.44. The third-order valence-corrected chi connectivity index (χ3v) is 7.88. The standard InChI is InChI=1S/C23H28N2O5S/c1-17(18-9-5-4-6-10-18)24(2)22(26)19-13-15-25(16-14-19)31(28,29)21-12-8-7-11-20(21)23(27)30-3/h4-12,17,19H,13-16H2,1-3H3/t17-/m0/s1. The fraction of sp³-hybridized carbons (Fsp3) is 0.391. The maximum atomic E-state index is 13.2. The molecule has 2 aromatic carbocycles. The average Bonchev–Trinajstić information content (AvgIpc) is 2.82. The highest BCUT2D eigenvalue weighted by atomic mass is 32.2. The number of benzene rings is 2. The number of amides is 1. The number of piperidine rings is 1. The van der Waals surface area contributed by atoms with Crippen LogP contribution >= 0.6 is 0 Å². The molecule has 166 valence electrons. The maximum absolute atomic E-state index is 13.2. The fourth-order valence-corrected chi connectivity index (χ4v) is 5.54. The van der Waals surface area contributed by atoms with Gasteiger partial charge in [-0.25, -0.2) is 13.2 Å². The van der Waals surface area contributed by atoms with Crippen LogP contribution in [0, 0.1) is 5.92 Å². The Morgan fingerprint density at radius 2 is 1.61 bits per heavy atom. The summed E-state index contributed by atoms with van der Waals surface area (Å²) in [6.45, 7) is 2.43. The minimum absolute atomic E-state index is 0.0135. The maximum Gasteiger partial charge on any atom is 0.339 e. The summed E-state index contributed by atoms with van der Waals surface area (Å²) in [5.74, 6) is -0.914. The Morgan fingerprint density at radius 1 is 1.03 bits per heavy atom. The summed E-state index contributed by atoms with van der Waals surface area (Å²) in [5, 5.41) is 0. The molecule has 0 spiro atoms. The van der Waals surface area contributed by atoms with E-state index >= 15 is 0 Å². The van der Waals surface area contributed by atoms with Crippen molar-refractivity contribution < 1.29 is 22.7 Å². The number of methoxy groups -OCH3 is 1. The van der Waals surface area contributed by atoms with Gasteiger partial charge in [0, 0.05) is 26.1 Å². The van der Waals surface area contributed by atoms with Crippen molar-refractivity contribution in [3.8, 4) is 0 Å². The number of hydrogen-bond donors (Lipinski definition) is 0. The molecular formula is C23H28N2O5S. The van der Waals surface area contributed by atoms with E-state index in [0.29, 0.717) is 12.8 Å². The second-order valence-electron chi connectivity index (χ2n) is 7.70. The molecule has 1 aliphatic rings. The number of rotatable bonds is 6. The molecule has 1 amide bonds. The second-order valence-corrected chi connectivity index (χ2v) is 9.61. The van der Waals surface area contributed by atoms with Crippen molar-refractivity contribution in [1.82, 2.24) is 9.21 Å². The molecular weight excluding hydrogens is 416 g/mol. The molecule has 8 heteroatoms. The monoisotopic (exact) mass is 444 g/mol. The quantitative estimate of drug-likeness (QED) is 0.640. The van der Waals surface area contributed by atoms with Crippen LogP contribution in [-0.4, -0.2) is 56.7 Å². The molecule has 1 fully saturated rings. The third-order valence-electron chi connectivity index (χ3n) is 5.92. The number of carbonyl (C=O) groups is 2. The van der Waals surface area contributed by atoms with Crippen molar-refractivity contribution in [2.24, 2.45) is 5.92 Å². The number of sulfonamides is 1. The van der Waals surface area contributed by atoms with Gasteiger partial charge in [-0.05, 0) is 37.5 Å². The zero-order valence-electron chi connectivity index (χ0n) is 18.0. The van der Waals surface area contributed by atoms with Gasteiger partial charge in [-0.15, -0.1) is 0 Å². The minimum Gasteiger partial charge on any atom is -0.465 e. The van der Waals surface area contributed by atoms with Gasteiger partial charge in [-0.3, -0.25) is 4.79 Å². The van der Waals surface area contributed by atoms with Gasteiger partial charge in [0.25, 0.3) is 0 Å². The molecule has 0 N–H and O–H groups in total. The Hall–Kier alpha value is -2.71. The van der Waals surface area contributed by atoms with E-state index in [0.717, 1.165) is 5.56 Å². The van der Waals surface area contributed by atoms with E-state index in [9.17, 15) is 18.0 Å². The largest absolute Gasteiger partial charge is 0.465 e. The van der Waals surface area contributed by atoms with Crippen molar-refractivity contribution in [2.75, 3.05) is 27.2 Å². The fourth-order valence-electron chi connectivity index (χ4n) is 3.89. The van der Waals surface area contributed by atoms with Crippen molar-refractivity contribution in [2.45, 2.75) is 30.7 Å². The Labute approximate surface area is 183 Å². The molecule has 3 rings (SSSR count). The molecule has 1 saturated heterocycles. The molecule has 0 unspecified atom stereocenters. The van der Waals surface area contributed by atoms with Crippen LogP contribution in [-0.2, 0) is 19.6 Å². The van der Waals surface area contributed by atoms with Gasteiger partial charge in [-0.2, -0.15) is 4.31 Å². The van der Waals surface area contributed by atoms with Gasteiger partial charge in [0.2, 0.25) is 15.9 Å². The van der Waals surface area contributed by atoms with E-state index in [-0.39, 0.29) is 41.4 Å². The van der Waals surface area contributed by atoms with Crippen LogP contribution in [0.5, 0.6) is 0 Å². The second kappa shape index (κ2) is 9.62. The van der Waals surface area contributed by atoms with E-state index < -0.39 is 16.0 Å². The van der Waals surface area contributed by atoms with E-state index in [1.807, 2.05) is 37.3 Å². The van der Waals surface area contributed by atoms with Crippen LogP contribution < -0.4 is 0 Å². The van der Waals surface area contributed by atoms with Crippen LogP contribution in [0.3, 0.4) is 0 Å². The highest BCUT2D eigenvalue weighted by molar-refractivity contribution is 7.89. The summed E-state index contributed by atoms with van der Waals surface area (Å²) in [5.41, 5.74) is 1.07. The zero-order chi connectivity index (χ0) is 22.6. The molecule has 31 heavy (non-hydrogen) atoms. The lowest BCUT2D eigenvalue weighted by molar-refractivity contribution is -0.137. The van der Waals surface area contributed by atoms with Crippen molar-refractivity contribution in [1.29, 1.82) is 0 Å². The van der Waals surface area contributed by atoms with Gasteiger partial charge in [-0.1, -0.05) is 42.5 Å². The lowest BCUT2D eigenvalue weighted by atomic mass is 9.95. The molecule has 1 heterocycles. The Bertz CT molecular complexity index is 1030. The van der Waals surface area contributed by atoms with Gasteiger partial charge < -0.3 is 9.64 Å². The predicted molar refractivity (Wildman–Crippen MR) is 117 cm³/mol. The van der Waals surface area contributed by atoms with E-state index in [1.165, 1.54) is 23.5 Å². The molecule has 1 atom stereocenters. The molecule has 0 aliphatic carbocycles. The van der Waals surface area contributed by atoms with E-state index in [1.54, 1.807) is 24.1 Å². The van der Waals surface area contributed by atoms with Crippen LogP contribution in [0.1, 0.15) is 41.7 Å². The minimum atomic E-state index is -3.87. The third kappa shape index (κ3) is 4.80. The first-order valence-corrected chi connectivity index (χ1v) is 11.7. The molecule has 0 aromatic heterocycles. The highest BCUT2D eigenvalue weighted by Crippen LogP contribution is 2.29. The van der Waals surface area contributed by atoms with Gasteiger partial charge in [0.15, 0.2) is 0 Å². The zero-order valence-corrected chi connectivity index (χ0v) is 18.8. The number of nitrogens with zero attached hydrogens (tertiary/aromatic N) is 2. The molecule has 2 aromatic rings. The summed E-state index contributed by atoms with van der Waals surface area (Å²) in [6, 6.07) is 15.8. The van der Waals surface area contributed by atoms with E-state index in [4.69, 9.17) is 4.74 Å². The van der Waals surface area contributed by atoms with Crippen LogP contribution in [0.25, 0.3) is 0 Å². The number of ether oxygens (including phenoxy) is 1. The molecule has 7 nitrogen and oxygen atoms in total. The predicted octanol–water partition coefficient (Wildman–Crippen LogP) is 3.09. The van der Waals surface area contributed by atoms with Gasteiger partial charge in [0.05, 0.1) is 23.6 Å². The highest BCUT2D eigenvalue weighted by Gasteiger charge is 2.35. The van der Waals surface area contributed by atoms with E-state index in [2.05, 4.69) is 0 Å². The summed E-state index contributed by atoms with van der Waals surface area (Å²) < 4.78 is 32.4. The van der Waals surface area contributed by atoms with Crippen LogP contribution in [0.4, 0.5) is 0 Å². The number of carbonyl (C=O) groups excluding carboxylic acids is 2. The molecule has 1 aliphatic heterocycles. The number of esters is 1. The SMILES string of the molecule is COC(=O)c1ccccc1S(=O)(=O)N1CCC(C(=O)N(C)[C@@H](C)c2ccccc2)CC1. The first kappa shape index (κ1) is 23.0. The summed E-state index contributed by atoms with van der Waals surface area (Å²) >= 11 is 0. The first-order chi connectivity index (χ1) is 14.8. The molecule has 0 radical (unpaired) electrons. The Morgan fingerprint density at radius 3 is 2.23 bits per heavy atom.